The molecule has 0 fully saturated rings. The number of methoxy groups -OCH3 is 1. The van der Waals surface area contributed by atoms with Gasteiger partial charge in [0.15, 0.2) is 0 Å². The van der Waals surface area contributed by atoms with E-state index in [4.69, 9.17) is 0 Å². The van der Waals surface area contributed by atoms with Gasteiger partial charge in [0.2, 0.25) is 0 Å². The van der Waals surface area contributed by atoms with Crippen LogP contribution in [0.1, 0.15) is 84.5 Å². The fourth-order valence-electron chi connectivity index (χ4n) is 2.42. The number of esters is 1. The van der Waals surface area contributed by atoms with Crippen LogP contribution in [0.2, 0.25) is 0 Å². The van der Waals surface area contributed by atoms with E-state index in [1.807, 2.05) is 25.2 Å². The van der Waals surface area contributed by atoms with Crippen LogP contribution in [0.25, 0.3) is 0 Å². The van der Waals surface area contributed by atoms with Gasteiger partial charge >= 0.3 is 5.97 Å². The van der Waals surface area contributed by atoms with Gasteiger partial charge in [-0.1, -0.05) is 69.8 Å². The molecule has 0 aromatic heterocycles. The molecule has 0 saturated heterocycles. The van der Waals surface area contributed by atoms with E-state index in [1.165, 1.54) is 39.2 Å². The van der Waals surface area contributed by atoms with Gasteiger partial charge < -0.3 is 9.84 Å². The number of aliphatic hydroxyl groups is 1. The van der Waals surface area contributed by atoms with Crippen molar-refractivity contribution < 1.29 is 14.6 Å². The Morgan fingerprint density at radius 3 is 2.43 bits per heavy atom. The largest absolute Gasteiger partial charge is 0.469 e. The molecule has 0 aliphatic heterocycles. The first kappa shape index (κ1) is 21.9. The molecule has 0 bridgehead atoms. The SMILES string of the molecule is CCCCCC(C)(O)/C=C/C=C\CCCCCCCC(=O)OC. The van der Waals surface area contributed by atoms with Gasteiger partial charge in [0, 0.05) is 6.42 Å². The third-order valence-corrected chi connectivity index (χ3v) is 3.97. The Balaban J connectivity index is 3.56. The number of ether oxygens (including phenoxy) is 1. The quantitative estimate of drug-likeness (QED) is 0.267. The van der Waals surface area contributed by atoms with Crippen LogP contribution in [0.5, 0.6) is 0 Å². The molecular formula is C20H36O3. The summed E-state index contributed by atoms with van der Waals surface area (Å²) in [5.74, 6) is -0.106. The Hall–Kier alpha value is -1.09. The number of rotatable bonds is 14. The summed E-state index contributed by atoms with van der Waals surface area (Å²) in [6, 6.07) is 0. The summed E-state index contributed by atoms with van der Waals surface area (Å²) in [4.78, 5) is 10.9. The lowest BCUT2D eigenvalue weighted by Gasteiger charge is -2.18. The molecule has 0 aromatic carbocycles. The smallest absolute Gasteiger partial charge is 0.305 e. The maximum absolute atomic E-state index is 10.9. The van der Waals surface area contributed by atoms with E-state index in [-0.39, 0.29) is 5.97 Å². The van der Waals surface area contributed by atoms with E-state index in [0.717, 1.165) is 32.1 Å². The van der Waals surface area contributed by atoms with E-state index in [2.05, 4.69) is 17.7 Å². The van der Waals surface area contributed by atoms with Crippen molar-refractivity contribution in [3.05, 3.63) is 24.3 Å². The number of hydrogen-bond acceptors (Lipinski definition) is 3. The van der Waals surface area contributed by atoms with Crippen molar-refractivity contribution in [1.29, 1.82) is 0 Å². The summed E-state index contributed by atoms with van der Waals surface area (Å²) in [7, 11) is 1.44. The minimum Gasteiger partial charge on any atom is -0.469 e. The molecule has 1 N–H and O–H groups in total. The number of allylic oxidation sites excluding steroid dienone is 3. The molecule has 23 heavy (non-hydrogen) atoms. The number of carbonyl (C=O) groups is 1. The van der Waals surface area contributed by atoms with E-state index in [9.17, 15) is 9.90 Å². The summed E-state index contributed by atoms with van der Waals surface area (Å²) in [5.41, 5.74) is -0.681. The van der Waals surface area contributed by atoms with E-state index >= 15 is 0 Å². The second kappa shape index (κ2) is 14.5. The Morgan fingerprint density at radius 2 is 1.74 bits per heavy atom. The molecular weight excluding hydrogens is 288 g/mol. The van der Waals surface area contributed by atoms with Crippen molar-refractivity contribution in [3.8, 4) is 0 Å². The van der Waals surface area contributed by atoms with Crippen LogP contribution in [0.3, 0.4) is 0 Å². The first-order valence-corrected chi connectivity index (χ1v) is 9.15. The van der Waals surface area contributed by atoms with Gasteiger partial charge in [-0.15, -0.1) is 0 Å². The van der Waals surface area contributed by atoms with Crippen LogP contribution in [0, 0.1) is 0 Å². The fourth-order valence-corrected chi connectivity index (χ4v) is 2.42. The van der Waals surface area contributed by atoms with Crippen molar-refractivity contribution in [2.24, 2.45) is 0 Å². The predicted octanol–water partition coefficient (Wildman–Crippen LogP) is 5.33. The zero-order chi connectivity index (χ0) is 17.4. The van der Waals surface area contributed by atoms with Gasteiger partial charge in [0.1, 0.15) is 0 Å². The molecule has 134 valence electrons. The molecule has 1 atom stereocenters. The Morgan fingerprint density at radius 1 is 1.04 bits per heavy atom. The summed E-state index contributed by atoms with van der Waals surface area (Å²) >= 11 is 0. The van der Waals surface area contributed by atoms with Gasteiger partial charge in [0.05, 0.1) is 12.7 Å². The maximum atomic E-state index is 10.9. The molecule has 0 aliphatic carbocycles. The van der Waals surface area contributed by atoms with Gasteiger partial charge in [-0.25, -0.2) is 0 Å². The normalized spacial score (nSPS) is 14.4. The minimum atomic E-state index is -0.681. The summed E-state index contributed by atoms with van der Waals surface area (Å²) in [5, 5.41) is 10.2. The highest BCUT2D eigenvalue weighted by Crippen LogP contribution is 2.16. The van der Waals surface area contributed by atoms with Crippen LogP contribution in [-0.4, -0.2) is 23.8 Å². The topological polar surface area (TPSA) is 46.5 Å². The first-order chi connectivity index (χ1) is 11.0. The summed E-state index contributed by atoms with van der Waals surface area (Å²) in [6.07, 6.45) is 19.5. The van der Waals surface area contributed by atoms with E-state index in [0.29, 0.717) is 6.42 Å². The molecule has 1 unspecified atom stereocenters. The molecule has 0 radical (unpaired) electrons. The molecule has 0 heterocycles. The number of hydrogen-bond donors (Lipinski definition) is 1. The first-order valence-electron chi connectivity index (χ1n) is 9.15. The van der Waals surface area contributed by atoms with Crippen LogP contribution in [0.4, 0.5) is 0 Å². The third-order valence-electron chi connectivity index (χ3n) is 3.97. The highest BCUT2D eigenvalue weighted by Gasteiger charge is 2.14. The highest BCUT2D eigenvalue weighted by molar-refractivity contribution is 5.68. The Bertz CT molecular complexity index is 343. The Labute approximate surface area is 142 Å². The zero-order valence-corrected chi connectivity index (χ0v) is 15.4. The van der Waals surface area contributed by atoms with Crippen molar-refractivity contribution in [1.82, 2.24) is 0 Å². The van der Waals surface area contributed by atoms with E-state index < -0.39 is 5.60 Å². The second-order valence-corrected chi connectivity index (χ2v) is 6.48. The van der Waals surface area contributed by atoms with Gasteiger partial charge in [-0.3, -0.25) is 4.79 Å². The number of unbranched alkanes of at least 4 members (excludes halogenated alkanes) is 7. The van der Waals surface area contributed by atoms with Crippen LogP contribution in [-0.2, 0) is 9.53 Å². The Kier molecular flexibility index (Phi) is 13.8. The molecule has 3 heteroatoms. The molecule has 0 rings (SSSR count). The molecule has 0 aromatic rings. The second-order valence-electron chi connectivity index (χ2n) is 6.48. The van der Waals surface area contributed by atoms with Crippen LogP contribution < -0.4 is 0 Å². The molecule has 0 saturated carbocycles. The lowest BCUT2D eigenvalue weighted by Crippen LogP contribution is -2.20. The minimum absolute atomic E-state index is 0.106. The summed E-state index contributed by atoms with van der Waals surface area (Å²) in [6.45, 7) is 4.05. The lowest BCUT2D eigenvalue weighted by atomic mass is 9.98. The third kappa shape index (κ3) is 15.6. The molecule has 0 aliphatic rings. The van der Waals surface area contributed by atoms with Crippen molar-refractivity contribution >= 4 is 5.97 Å². The maximum Gasteiger partial charge on any atom is 0.305 e. The average molecular weight is 325 g/mol. The van der Waals surface area contributed by atoms with Crippen LogP contribution >= 0.6 is 0 Å². The standard InChI is InChI=1S/C20H36O3/c1-4-5-14-17-20(2,22)18-15-12-10-8-6-7-9-11-13-16-19(21)23-3/h10,12,15,18,22H,4-9,11,13-14,16-17H2,1-3H3/b12-10-,18-15+. The van der Waals surface area contributed by atoms with E-state index in [1.54, 1.807) is 0 Å². The van der Waals surface area contributed by atoms with Crippen molar-refractivity contribution in [2.75, 3.05) is 7.11 Å². The summed E-state index contributed by atoms with van der Waals surface area (Å²) < 4.78 is 4.61. The monoisotopic (exact) mass is 324 g/mol. The van der Waals surface area contributed by atoms with Crippen LogP contribution in [0.15, 0.2) is 24.3 Å². The predicted molar refractivity (Wildman–Crippen MR) is 97.4 cm³/mol. The highest BCUT2D eigenvalue weighted by atomic mass is 16.5. The van der Waals surface area contributed by atoms with Gasteiger partial charge in [-0.2, -0.15) is 0 Å². The molecule has 0 spiro atoms. The molecule has 3 nitrogen and oxygen atoms in total. The number of carbonyl (C=O) groups excluding carboxylic acids is 1. The molecule has 0 amide bonds. The van der Waals surface area contributed by atoms with Gasteiger partial charge in [-0.05, 0) is 32.6 Å². The lowest BCUT2D eigenvalue weighted by molar-refractivity contribution is -0.140. The van der Waals surface area contributed by atoms with Crippen molar-refractivity contribution in [3.63, 3.8) is 0 Å². The average Bonchev–Trinajstić information content (AvgIpc) is 2.52. The van der Waals surface area contributed by atoms with Gasteiger partial charge in [0.25, 0.3) is 0 Å². The zero-order valence-electron chi connectivity index (χ0n) is 15.4. The fraction of sp³-hybridized carbons (Fsp3) is 0.750. The van der Waals surface area contributed by atoms with Crippen molar-refractivity contribution in [2.45, 2.75) is 90.1 Å².